The standard InChI is InChI=1S/C47H61Cl2N3O4/c1-3-4-5-6-7-8-9-10-11-12-13-14-15-16-17-18-19-20-21-27-46(54)56-39(2)52-44-38-41(30-28-40(44)29-31-45(52)53)55-37-23-22-32-50-33-35-51(36-34-50)43-26-24-25-42(48)47(43)49/h4-5,7-8,10-11,13-14,16-17,24-26,28-31,38-39H,3,6,9,12,15,18-23,27,32-37H2,1-2H3. The van der Waals surface area contributed by atoms with Crippen LogP contribution >= 0.6 is 23.2 Å². The van der Waals surface area contributed by atoms with Crippen LogP contribution in [0.15, 0.2) is 114 Å². The smallest absolute Gasteiger partial charge is 0.307 e. The van der Waals surface area contributed by atoms with Gasteiger partial charge in [-0.05, 0) is 113 Å². The minimum absolute atomic E-state index is 0.218. The Kier molecular flexibility index (Phi) is 20.7. The van der Waals surface area contributed by atoms with Crippen molar-refractivity contribution in [1.29, 1.82) is 0 Å². The molecule has 0 aliphatic carbocycles. The van der Waals surface area contributed by atoms with Crippen molar-refractivity contribution in [2.75, 3.05) is 44.2 Å². The summed E-state index contributed by atoms with van der Waals surface area (Å²) in [5.41, 5.74) is 1.47. The van der Waals surface area contributed by atoms with Gasteiger partial charge in [0.25, 0.3) is 5.56 Å². The van der Waals surface area contributed by atoms with Crippen molar-refractivity contribution in [3.05, 3.63) is 130 Å². The molecule has 9 heteroatoms. The highest BCUT2D eigenvalue weighted by atomic mass is 35.5. The number of carbonyl (C=O) groups excluding carboxylic acids is 1. The van der Waals surface area contributed by atoms with Gasteiger partial charge in [-0.2, -0.15) is 0 Å². The van der Waals surface area contributed by atoms with Crippen LogP contribution in [0.2, 0.25) is 10.0 Å². The Morgan fingerprint density at radius 3 is 2.12 bits per heavy atom. The number of fused-ring (bicyclic) bond motifs is 1. The molecule has 1 fully saturated rings. The lowest BCUT2D eigenvalue weighted by Crippen LogP contribution is -2.46. The molecule has 0 saturated carbocycles. The minimum atomic E-state index is -0.731. The van der Waals surface area contributed by atoms with Crippen LogP contribution in [0.3, 0.4) is 0 Å². The fourth-order valence-electron chi connectivity index (χ4n) is 6.65. The number of hydrogen-bond donors (Lipinski definition) is 0. The largest absolute Gasteiger partial charge is 0.494 e. The number of rotatable bonds is 24. The number of halogens is 2. The fourth-order valence-corrected chi connectivity index (χ4v) is 7.07. The summed E-state index contributed by atoms with van der Waals surface area (Å²) in [6.07, 6.45) is 32.3. The second kappa shape index (κ2) is 26.0. The molecule has 1 aliphatic heterocycles. The summed E-state index contributed by atoms with van der Waals surface area (Å²) in [7, 11) is 0. The van der Waals surface area contributed by atoms with Crippen LogP contribution in [0.4, 0.5) is 5.69 Å². The van der Waals surface area contributed by atoms with E-state index in [0.29, 0.717) is 34.3 Å². The average molecular weight is 803 g/mol. The Labute approximate surface area is 345 Å². The molecule has 1 aromatic heterocycles. The van der Waals surface area contributed by atoms with Crippen molar-refractivity contribution < 1.29 is 14.3 Å². The van der Waals surface area contributed by atoms with Gasteiger partial charge < -0.3 is 14.4 Å². The predicted octanol–water partition coefficient (Wildman–Crippen LogP) is 12.1. The molecule has 2 aromatic carbocycles. The molecule has 56 heavy (non-hydrogen) atoms. The maximum Gasteiger partial charge on any atom is 0.307 e. The molecule has 7 nitrogen and oxygen atoms in total. The first-order valence-electron chi connectivity index (χ1n) is 20.5. The molecule has 1 saturated heterocycles. The minimum Gasteiger partial charge on any atom is -0.494 e. The lowest BCUT2D eigenvalue weighted by Gasteiger charge is -2.36. The van der Waals surface area contributed by atoms with Gasteiger partial charge in [0.05, 0.1) is 27.9 Å². The van der Waals surface area contributed by atoms with Crippen LogP contribution in [-0.4, -0.2) is 54.8 Å². The zero-order valence-corrected chi connectivity index (χ0v) is 34.9. The highest BCUT2D eigenvalue weighted by molar-refractivity contribution is 6.43. The molecule has 1 atom stereocenters. The van der Waals surface area contributed by atoms with Crippen LogP contribution in [0, 0.1) is 0 Å². The lowest BCUT2D eigenvalue weighted by molar-refractivity contribution is -0.152. The summed E-state index contributed by atoms with van der Waals surface area (Å²) in [6, 6.07) is 14.8. The number of ether oxygens (including phenoxy) is 2. The van der Waals surface area contributed by atoms with E-state index < -0.39 is 6.23 Å². The van der Waals surface area contributed by atoms with Crippen LogP contribution in [0.25, 0.3) is 10.9 Å². The Morgan fingerprint density at radius 1 is 0.768 bits per heavy atom. The van der Waals surface area contributed by atoms with Gasteiger partial charge in [0.1, 0.15) is 5.75 Å². The normalized spacial score (nSPS) is 14.8. The third kappa shape index (κ3) is 15.8. The number of nitrogens with zero attached hydrogens (tertiary/aromatic N) is 3. The summed E-state index contributed by atoms with van der Waals surface area (Å²) in [5.74, 6) is 0.397. The molecule has 302 valence electrons. The summed E-state index contributed by atoms with van der Waals surface area (Å²) in [5, 5.41) is 2.09. The van der Waals surface area contributed by atoms with Crippen LogP contribution < -0.4 is 15.2 Å². The highest BCUT2D eigenvalue weighted by Crippen LogP contribution is 2.33. The molecule has 0 spiro atoms. The van der Waals surface area contributed by atoms with E-state index in [0.717, 1.165) is 114 Å². The van der Waals surface area contributed by atoms with Gasteiger partial charge in [-0.25, -0.2) is 0 Å². The topological polar surface area (TPSA) is 64.0 Å². The highest BCUT2D eigenvalue weighted by Gasteiger charge is 2.20. The molecule has 2 heterocycles. The predicted molar refractivity (Wildman–Crippen MR) is 236 cm³/mol. The number of anilines is 1. The van der Waals surface area contributed by atoms with Crippen molar-refractivity contribution in [3.8, 4) is 5.75 Å². The molecule has 0 radical (unpaired) electrons. The maximum atomic E-state index is 13.0. The van der Waals surface area contributed by atoms with E-state index >= 15 is 0 Å². The van der Waals surface area contributed by atoms with Crippen LogP contribution in [-0.2, 0) is 9.53 Å². The molecule has 0 N–H and O–H groups in total. The molecule has 3 aromatic rings. The SMILES string of the molecule is CCC=CCC=CCC=CCC=CCC=CCCCCCC(=O)OC(C)n1c(=O)ccc2ccc(OCCCCN3CCN(c4cccc(Cl)c4Cl)CC3)cc21. The van der Waals surface area contributed by atoms with Crippen molar-refractivity contribution in [2.45, 2.75) is 97.1 Å². The van der Waals surface area contributed by atoms with Crippen molar-refractivity contribution >= 4 is 45.8 Å². The number of allylic oxidation sites excluding steroid dienone is 10. The van der Waals surface area contributed by atoms with Crippen LogP contribution in [0.1, 0.15) is 97.1 Å². The van der Waals surface area contributed by atoms with Gasteiger partial charge in [0, 0.05) is 44.7 Å². The Balaban J connectivity index is 1.09. The number of esters is 1. The van der Waals surface area contributed by atoms with Crippen molar-refractivity contribution in [3.63, 3.8) is 0 Å². The van der Waals surface area contributed by atoms with E-state index in [4.69, 9.17) is 32.7 Å². The lowest BCUT2D eigenvalue weighted by atomic mass is 10.1. The number of unbranched alkanes of at least 4 members (excludes halogenated alkanes) is 4. The Bertz CT molecular complexity index is 1840. The first kappa shape index (κ1) is 44.7. The summed E-state index contributed by atoms with van der Waals surface area (Å²) < 4.78 is 13.4. The molecular weight excluding hydrogens is 741 g/mol. The molecule has 1 unspecified atom stereocenters. The first-order chi connectivity index (χ1) is 27.4. The Hall–Kier alpha value is -4.04. The van der Waals surface area contributed by atoms with Gasteiger partial charge in [-0.15, -0.1) is 0 Å². The molecule has 4 rings (SSSR count). The monoisotopic (exact) mass is 801 g/mol. The maximum absolute atomic E-state index is 13.0. The van der Waals surface area contributed by atoms with Crippen molar-refractivity contribution in [2.24, 2.45) is 0 Å². The van der Waals surface area contributed by atoms with Gasteiger partial charge in [0.15, 0.2) is 6.23 Å². The molecular formula is C47H61Cl2N3O4. The summed E-state index contributed by atoms with van der Waals surface area (Å²) in [6.45, 7) is 9.25. The van der Waals surface area contributed by atoms with Gasteiger partial charge in [-0.1, -0.05) is 103 Å². The second-order valence-electron chi connectivity index (χ2n) is 14.1. The van der Waals surface area contributed by atoms with E-state index in [2.05, 4.69) is 77.5 Å². The first-order valence-corrected chi connectivity index (χ1v) is 21.3. The number of benzene rings is 2. The number of carbonyl (C=O) groups is 1. The van der Waals surface area contributed by atoms with E-state index in [1.54, 1.807) is 13.0 Å². The van der Waals surface area contributed by atoms with Crippen LogP contribution in [0.5, 0.6) is 5.75 Å². The third-order valence-electron chi connectivity index (χ3n) is 9.76. The van der Waals surface area contributed by atoms with Gasteiger partial charge >= 0.3 is 5.97 Å². The quantitative estimate of drug-likeness (QED) is 0.0511. The molecule has 0 amide bonds. The van der Waals surface area contributed by atoms with E-state index in [9.17, 15) is 9.59 Å². The third-order valence-corrected chi connectivity index (χ3v) is 10.6. The van der Waals surface area contributed by atoms with E-state index in [1.165, 1.54) is 10.6 Å². The number of pyridine rings is 1. The molecule has 1 aliphatic rings. The van der Waals surface area contributed by atoms with Gasteiger partial charge in [-0.3, -0.25) is 19.1 Å². The summed E-state index contributed by atoms with van der Waals surface area (Å²) >= 11 is 12.7. The number of aromatic nitrogens is 1. The second-order valence-corrected chi connectivity index (χ2v) is 14.9. The summed E-state index contributed by atoms with van der Waals surface area (Å²) in [4.78, 5) is 30.5. The number of piperazine rings is 1. The van der Waals surface area contributed by atoms with E-state index in [1.807, 2.05) is 36.4 Å². The number of hydrogen-bond acceptors (Lipinski definition) is 6. The fraction of sp³-hybridized carbons (Fsp3) is 0.447. The average Bonchev–Trinajstić information content (AvgIpc) is 3.19. The molecule has 0 bridgehead atoms. The van der Waals surface area contributed by atoms with Gasteiger partial charge in [0.2, 0.25) is 0 Å². The zero-order valence-electron chi connectivity index (χ0n) is 33.4. The van der Waals surface area contributed by atoms with E-state index in [-0.39, 0.29) is 11.5 Å². The van der Waals surface area contributed by atoms with Crippen molar-refractivity contribution in [1.82, 2.24) is 9.47 Å². The zero-order chi connectivity index (χ0) is 39.8. The Morgan fingerprint density at radius 2 is 1.43 bits per heavy atom.